The van der Waals surface area contributed by atoms with Gasteiger partial charge in [-0.05, 0) is 59.9 Å². The maximum Gasteiger partial charge on any atom is 0.335 e. The van der Waals surface area contributed by atoms with Gasteiger partial charge in [0.15, 0.2) is 0 Å². The summed E-state index contributed by atoms with van der Waals surface area (Å²) < 4.78 is 0. The maximum atomic E-state index is 12.0. The van der Waals surface area contributed by atoms with E-state index in [4.69, 9.17) is 5.11 Å². The van der Waals surface area contributed by atoms with Gasteiger partial charge in [-0.2, -0.15) is 0 Å². The number of rotatable bonds is 9. The molecule has 178 valence electrons. The molecule has 3 N–H and O–H groups in total. The molecule has 0 spiro atoms. The van der Waals surface area contributed by atoms with Gasteiger partial charge < -0.3 is 15.3 Å². The second-order valence-electron chi connectivity index (χ2n) is 9.59. The zero-order valence-electron chi connectivity index (χ0n) is 19.5. The number of carboxylic acids is 1. The maximum absolute atomic E-state index is 12.0. The van der Waals surface area contributed by atoms with Gasteiger partial charge in [-0.25, -0.2) is 4.79 Å². The minimum Gasteiger partial charge on any atom is -0.478 e. The molecular weight excluding hydrogens is 424 g/mol. The molecule has 4 rings (SSSR count). The number of carboxylic acid groups (broad SMARTS) is 1. The Hall–Kier alpha value is -2.95. The number of aromatic carboxylic acids is 1. The van der Waals surface area contributed by atoms with Crippen LogP contribution in [-0.2, 0) is 5.60 Å². The summed E-state index contributed by atoms with van der Waals surface area (Å²) in [7, 11) is 0. The van der Waals surface area contributed by atoms with Crippen LogP contribution < -0.4 is 0 Å². The van der Waals surface area contributed by atoms with E-state index in [2.05, 4.69) is 0 Å². The lowest BCUT2D eigenvalue weighted by molar-refractivity contribution is -0.00829. The van der Waals surface area contributed by atoms with Crippen LogP contribution in [-0.4, -0.2) is 21.3 Å². The Bertz CT molecular complexity index is 999. The predicted octanol–water partition coefficient (Wildman–Crippen LogP) is 6.33. The summed E-state index contributed by atoms with van der Waals surface area (Å²) in [5.74, 6) is -0.177. The Morgan fingerprint density at radius 2 is 1.35 bits per heavy atom. The van der Waals surface area contributed by atoms with Gasteiger partial charge in [-0.3, -0.25) is 0 Å². The fourth-order valence-electron chi connectivity index (χ4n) is 5.51. The first-order chi connectivity index (χ1) is 16.5. The molecule has 1 atom stereocenters. The van der Waals surface area contributed by atoms with Crippen LogP contribution in [0.25, 0.3) is 0 Å². The minimum atomic E-state index is -0.980. The topological polar surface area (TPSA) is 77.8 Å². The number of hydrogen-bond acceptors (Lipinski definition) is 3. The Kier molecular flexibility index (Phi) is 7.81. The molecule has 3 aromatic rings. The summed E-state index contributed by atoms with van der Waals surface area (Å²) in [6, 6.07) is 26.6. The van der Waals surface area contributed by atoms with Crippen molar-refractivity contribution >= 4 is 5.97 Å². The monoisotopic (exact) mass is 458 g/mol. The summed E-state index contributed by atoms with van der Waals surface area (Å²) in [4.78, 5) is 11.0. The van der Waals surface area contributed by atoms with Crippen molar-refractivity contribution in [2.45, 2.75) is 56.7 Å². The normalized spacial score (nSPS) is 19.5. The van der Waals surface area contributed by atoms with Crippen LogP contribution in [0.2, 0.25) is 0 Å². The minimum absolute atomic E-state index is 0.173. The van der Waals surface area contributed by atoms with E-state index in [0.29, 0.717) is 12.3 Å². The van der Waals surface area contributed by atoms with E-state index in [1.165, 1.54) is 0 Å². The Balaban J connectivity index is 1.33. The average Bonchev–Trinajstić information content (AvgIpc) is 2.89. The van der Waals surface area contributed by atoms with Crippen LogP contribution in [0.1, 0.15) is 78.1 Å². The highest BCUT2D eigenvalue weighted by Gasteiger charge is 2.41. The molecule has 0 amide bonds. The lowest BCUT2D eigenvalue weighted by Crippen LogP contribution is -2.38. The summed E-state index contributed by atoms with van der Waals surface area (Å²) >= 11 is 0. The van der Waals surface area contributed by atoms with Crippen LogP contribution >= 0.6 is 0 Å². The molecule has 1 fully saturated rings. The van der Waals surface area contributed by atoms with Crippen LogP contribution in [0.3, 0.4) is 0 Å². The van der Waals surface area contributed by atoms with Gasteiger partial charge in [-0.15, -0.1) is 0 Å². The van der Waals surface area contributed by atoms with Gasteiger partial charge >= 0.3 is 5.97 Å². The van der Waals surface area contributed by atoms with E-state index < -0.39 is 17.7 Å². The number of carbonyl (C=O) groups is 1. The van der Waals surface area contributed by atoms with Gasteiger partial charge in [0.2, 0.25) is 0 Å². The highest BCUT2D eigenvalue weighted by Crippen LogP contribution is 2.46. The molecule has 1 aliphatic rings. The first-order valence-electron chi connectivity index (χ1n) is 12.3. The molecule has 0 bridgehead atoms. The van der Waals surface area contributed by atoms with E-state index in [1.807, 2.05) is 60.7 Å². The van der Waals surface area contributed by atoms with Gasteiger partial charge in [0, 0.05) is 0 Å². The third kappa shape index (κ3) is 5.40. The molecule has 1 aliphatic carbocycles. The number of aliphatic hydroxyl groups is 2. The van der Waals surface area contributed by atoms with Crippen LogP contribution in [0.5, 0.6) is 0 Å². The molecule has 3 aromatic carbocycles. The molecule has 4 heteroatoms. The van der Waals surface area contributed by atoms with Crippen molar-refractivity contribution in [1.82, 2.24) is 0 Å². The van der Waals surface area contributed by atoms with Gasteiger partial charge in [0.05, 0.1) is 11.7 Å². The zero-order chi connectivity index (χ0) is 24.0. The third-order valence-electron chi connectivity index (χ3n) is 7.50. The molecule has 34 heavy (non-hydrogen) atoms. The molecule has 4 nitrogen and oxygen atoms in total. The van der Waals surface area contributed by atoms with Crippen LogP contribution in [0.15, 0.2) is 84.9 Å². The summed E-state index contributed by atoms with van der Waals surface area (Å²) in [6.45, 7) is 0. The van der Waals surface area contributed by atoms with E-state index >= 15 is 0 Å². The van der Waals surface area contributed by atoms with Crippen molar-refractivity contribution in [3.8, 4) is 0 Å². The van der Waals surface area contributed by atoms with Gasteiger partial charge in [-0.1, -0.05) is 98.5 Å². The molecule has 1 unspecified atom stereocenters. The molecule has 0 radical (unpaired) electrons. The van der Waals surface area contributed by atoms with Gasteiger partial charge in [0.1, 0.15) is 5.60 Å². The molecule has 0 saturated heterocycles. The summed E-state index contributed by atoms with van der Waals surface area (Å²) in [5.41, 5.74) is 1.94. The van der Waals surface area contributed by atoms with Crippen LogP contribution in [0, 0.1) is 11.8 Å². The zero-order valence-corrected chi connectivity index (χ0v) is 19.5. The molecule has 0 heterocycles. The number of benzene rings is 3. The standard InChI is InChI=1S/C30H34O4/c31-28(23-16-18-24(19-17-23)29(32)33)13-7-8-22-14-20-27(21-15-22)30(34,25-9-3-1-4-10-25)26-11-5-2-6-12-26/h1-6,9-12,16-19,22,27-28,31,34H,7-8,13-15,20-21H2,(H,32,33). The summed E-state index contributed by atoms with van der Waals surface area (Å²) in [5, 5.41) is 31.5. The van der Waals surface area contributed by atoms with Crippen molar-refractivity contribution < 1.29 is 20.1 Å². The van der Waals surface area contributed by atoms with E-state index in [1.54, 1.807) is 24.3 Å². The molecule has 1 saturated carbocycles. The van der Waals surface area contributed by atoms with E-state index in [0.717, 1.165) is 55.2 Å². The Morgan fingerprint density at radius 1 is 0.824 bits per heavy atom. The van der Waals surface area contributed by atoms with E-state index in [9.17, 15) is 15.0 Å². The smallest absolute Gasteiger partial charge is 0.335 e. The predicted molar refractivity (Wildman–Crippen MR) is 134 cm³/mol. The van der Waals surface area contributed by atoms with E-state index in [-0.39, 0.29) is 11.5 Å². The first kappa shape index (κ1) is 24.2. The average molecular weight is 459 g/mol. The fourth-order valence-corrected chi connectivity index (χ4v) is 5.51. The van der Waals surface area contributed by atoms with Crippen molar-refractivity contribution in [2.24, 2.45) is 11.8 Å². The second kappa shape index (κ2) is 11.0. The third-order valence-corrected chi connectivity index (χ3v) is 7.50. The molecular formula is C30H34O4. The Morgan fingerprint density at radius 3 is 1.85 bits per heavy atom. The highest BCUT2D eigenvalue weighted by atomic mass is 16.4. The van der Waals surface area contributed by atoms with Crippen molar-refractivity contribution in [1.29, 1.82) is 0 Å². The lowest BCUT2D eigenvalue weighted by Gasteiger charge is -2.41. The van der Waals surface area contributed by atoms with Crippen molar-refractivity contribution in [2.75, 3.05) is 0 Å². The largest absolute Gasteiger partial charge is 0.478 e. The lowest BCUT2D eigenvalue weighted by atomic mass is 9.67. The van der Waals surface area contributed by atoms with Gasteiger partial charge in [0.25, 0.3) is 0 Å². The van der Waals surface area contributed by atoms with Crippen molar-refractivity contribution in [3.05, 3.63) is 107 Å². The first-order valence-corrected chi connectivity index (χ1v) is 12.3. The SMILES string of the molecule is O=C(O)c1ccc(C(O)CCCC2CCC(C(O)(c3ccccc3)c3ccccc3)CC2)cc1. The number of aliphatic hydroxyl groups excluding tert-OH is 1. The fraction of sp³-hybridized carbons (Fsp3) is 0.367. The Labute approximate surface area is 201 Å². The van der Waals surface area contributed by atoms with Crippen molar-refractivity contribution in [3.63, 3.8) is 0 Å². The molecule has 0 aliphatic heterocycles. The molecule has 0 aromatic heterocycles. The summed E-state index contributed by atoms with van der Waals surface area (Å²) in [6.07, 6.45) is 6.20. The number of hydrogen-bond donors (Lipinski definition) is 3. The quantitative estimate of drug-likeness (QED) is 0.350. The highest BCUT2D eigenvalue weighted by molar-refractivity contribution is 5.87. The second-order valence-corrected chi connectivity index (χ2v) is 9.59. The van der Waals surface area contributed by atoms with Crippen LogP contribution in [0.4, 0.5) is 0 Å².